The number of nitrogens with one attached hydrogen (secondary N) is 2. The van der Waals surface area contributed by atoms with E-state index in [1.807, 2.05) is 13.0 Å². The van der Waals surface area contributed by atoms with Gasteiger partial charge in [-0.05, 0) is 51.0 Å². The van der Waals surface area contributed by atoms with Crippen molar-refractivity contribution in [2.45, 2.75) is 51.7 Å². The number of hydrogen-bond donors (Lipinski definition) is 2. The van der Waals surface area contributed by atoms with E-state index in [9.17, 15) is 4.79 Å². The van der Waals surface area contributed by atoms with Gasteiger partial charge in [-0.3, -0.25) is 9.78 Å². The van der Waals surface area contributed by atoms with Gasteiger partial charge < -0.3 is 10.6 Å². The SMILES string of the molecule is Cc1ccc2cc(CNC3CCC(=O)NC3(C)C)ccc2n1. The van der Waals surface area contributed by atoms with Crippen molar-refractivity contribution < 1.29 is 4.79 Å². The standard InChI is InChI=1S/C18H23N3O/c1-12-4-6-14-10-13(5-7-15(14)20-12)11-19-16-8-9-17(22)21-18(16,2)3/h4-7,10,16,19H,8-9,11H2,1-3H3,(H,21,22). The molecular formula is C18H23N3O. The Morgan fingerprint density at radius 2 is 2.14 bits per heavy atom. The quantitative estimate of drug-likeness (QED) is 0.916. The van der Waals surface area contributed by atoms with Gasteiger partial charge in [0.1, 0.15) is 0 Å². The fourth-order valence-corrected chi connectivity index (χ4v) is 3.13. The number of fused-ring (bicyclic) bond motifs is 1. The van der Waals surface area contributed by atoms with Crippen molar-refractivity contribution in [1.29, 1.82) is 0 Å². The Balaban J connectivity index is 1.71. The van der Waals surface area contributed by atoms with E-state index in [0.717, 1.165) is 24.2 Å². The predicted octanol–water partition coefficient (Wildman–Crippen LogP) is 2.69. The van der Waals surface area contributed by atoms with E-state index >= 15 is 0 Å². The third kappa shape index (κ3) is 3.12. The third-order valence-corrected chi connectivity index (χ3v) is 4.44. The van der Waals surface area contributed by atoms with Crippen LogP contribution in [0.15, 0.2) is 30.3 Å². The van der Waals surface area contributed by atoms with Gasteiger partial charge in [-0.2, -0.15) is 0 Å². The van der Waals surface area contributed by atoms with Crippen LogP contribution in [0.5, 0.6) is 0 Å². The van der Waals surface area contributed by atoms with Crippen molar-refractivity contribution in [1.82, 2.24) is 15.6 Å². The van der Waals surface area contributed by atoms with Crippen LogP contribution in [-0.2, 0) is 11.3 Å². The summed E-state index contributed by atoms with van der Waals surface area (Å²) >= 11 is 0. The van der Waals surface area contributed by atoms with Crippen LogP contribution in [0.1, 0.15) is 37.9 Å². The highest BCUT2D eigenvalue weighted by Gasteiger charge is 2.34. The van der Waals surface area contributed by atoms with Gasteiger partial charge in [0, 0.05) is 35.6 Å². The zero-order valence-electron chi connectivity index (χ0n) is 13.4. The zero-order chi connectivity index (χ0) is 15.7. The maximum absolute atomic E-state index is 11.5. The molecule has 2 heterocycles. The first kappa shape index (κ1) is 15.0. The van der Waals surface area contributed by atoms with E-state index in [1.54, 1.807) is 0 Å². The summed E-state index contributed by atoms with van der Waals surface area (Å²) in [5, 5.41) is 7.82. The van der Waals surface area contributed by atoms with Crippen LogP contribution < -0.4 is 10.6 Å². The van der Waals surface area contributed by atoms with E-state index in [0.29, 0.717) is 6.42 Å². The Hall–Kier alpha value is -1.94. The first-order chi connectivity index (χ1) is 10.4. The summed E-state index contributed by atoms with van der Waals surface area (Å²) in [6.07, 6.45) is 1.48. The highest BCUT2D eigenvalue weighted by Crippen LogP contribution is 2.21. The molecule has 2 N–H and O–H groups in total. The second-order valence-electron chi connectivity index (χ2n) is 6.72. The van der Waals surface area contributed by atoms with Crippen molar-refractivity contribution in [3.63, 3.8) is 0 Å². The molecule has 1 aliphatic rings. The largest absolute Gasteiger partial charge is 0.350 e. The molecule has 0 aliphatic carbocycles. The summed E-state index contributed by atoms with van der Waals surface area (Å²) in [4.78, 5) is 16.1. The molecule has 1 aliphatic heterocycles. The number of aryl methyl sites for hydroxylation is 1. The second kappa shape index (κ2) is 5.69. The molecule has 2 aromatic rings. The van der Waals surface area contributed by atoms with Crippen LogP contribution in [-0.4, -0.2) is 22.5 Å². The topological polar surface area (TPSA) is 54.0 Å². The molecule has 1 saturated heterocycles. The van der Waals surface area contributed by atoms with Crippen molar-refractivity contribution in [3.8, 4) is 0 Å². The minimum absolute atomic E-state index is 0.148. The number of rotatable bonds is 3. The molecule has 1 atom stereocenters. The molecule has 1 amide bonds. The van der Waals surface area contributed by atoms with Crippen molar-refractivity contribution in [3.05, 3.63) is 41.6 Å². The second-order valence-corrected chi connectivity index (χ2v) is 6.72. The Morgan fingerprint density at radius 3 is 2.91 bits per heavy atom. The van der Waals surface area contributed by atoms with Crippen molar-refractivity contribution >= 4 is 16.8 Å². The summed E-state index contributed by atoms with van der Waals surface area (Å²) in [6, 6.07) is 10.8. The van der Waals surface area contributed by atoms with Crippen LogP contribution in [0.4, 0.5) is 0 Å². The summed E-state index contributed by atoms with van der Waals surface area (Å²) in [5.41, 5.74) is 3.11. The average Bonchev–Trinajstić information content (AvgIpc) is 2.45. The minimum Gasteiger partial charge on any atom is -0.350 e. The maximum atomic E-state index is 11.5. The lowest BCUT2D eigenvalue weighted by Gasteiger charge is -2.39. The molecule has 1 unspecified atom stereocenters. The van der Waals surface area contributed by atoms with Gasteiger partial charge in [0.25, 0.3) is 0 Å². The lowest BCUT2D eigenvalue weighted by Crippen LogP contribution is -2.60. The average molecular weight is 297 g/mol. The fraction of sp³-hybridized carbons (Fsp3) is 0.444. The molecule has 22 heavy (non-hydrogen) atoms. The van der Waals surface area contributed by atoms with Crippen LogP contribution in [0.2, 0.25) is 0 Å². The molecule has 0 radical (unpaired) electrons. The summed E-state index contributed by atoms with van der Waals surface area (Å²) in [5.74, 6) is 0.148. The maximum Gasteiger partial charge on any atom is 0.220 e. The molecule has 3 rings (SSSR count). The number of piperidine rings is 1. The first-order valence-electron chi connectivity index (χ1n) is 7.85. The minimum atomic E-state index is -0.204. The number of amides is 1. The fourth-order valence-electron chi connectivity index (χ4n) is 3.13. The number of nitrogens with zero attached hydrogens (tertiary/aromatic N) is 1. The Labute approximate surface area is 131 Å². The highest BCUT2D eigenvalue weighted by atomic mass is 16.1. The van der Waals surface area contributed by atoms with E-state index < -0.39 is 0 Å². The predicted molar refractivity (Wildman–Crippen MR) is 88.6 cm³/mol. The monoisotopic (exact) mass is 297 g/mol. The van der Waals surface area contributed by atoms with E-state index in [2.05, 4.69) is 53.7 Å². The van der Waals surface area contributed by atoms with E-state index in [-0.39, 0.29) is 17.5 Å². The molecule has 4 nitrogen and oxygen atoms in total. The van der Waals surface area contributed by atoms with Gasteiger partial charge in [-0.25, -0.2) is 0 Å². The first-order valence-corrected chi connectivity index (χ1v) is 7.85. The van der Waals surface area contributed by atoms with Gasteiger partial charge in [-0.15, -0.1) is 0 Å². The van der Waals surface area contributed by atoms with Crippen LogP contribution >= 0.6 is 0 Å². The lowest BCUT2D eigenvalue weighted by atomic mass is 9.86. The number of carbonyl (C=O) groups is 1. The number of pyridine rings is 1. The number of hydrogen-bond acceptors (Lipinski definition) is 3. The van der Waals surface area contributed by atoms with Crippen molar-refractivity contribution in [2.24, 2.45) is 0 Å². The van der Waals surface area contributed by atoms with Gasteiger partial charge in [0.05, 0.1) is 5.52 Å². The summed E-state index contributed by atoms with van der Waals surface area (Å²) in [6.45, 7) is 6.96. The molecule has 0 spiro atoms. The Bertz CT molecular complexity index is 709. The van der Waals surface area contributed by atoms with Crippen molar-refractivity contribution in [2.75, 3.05) is 0 Å². The summed E-state index contributed by atoms with van der Waals surface area (Å²) < 4.78 is 0. The Kier molecular flexibility index (Phi) is 3.87. The normalized spacial score (nSPS) is 20.9. The van der Waals surface area contributed by atoms with Gasteiger partial charge in [0.15, 0.2) is 0 Å². The molecule has 0 bridgehead atoms. The number of benzene rings is 1. The Morgan fingerprint density at radius 1 is 1.32 bits per heavy atom. The molecule has 0 saturated carbocycles. The van der Waals surface area contributed by atoms with Crippen LogP contribution in [0.25, 0.3) is 10.9 Å². The van der Waals surface area contributed by atoms with Gasteiger partial charge in [-0.1, -0.05) is 12.1 Å². The molecular weight excluding hydrogens is 274 g/mol. The van der Waals surface area contributed by atoms with Gasteiger partial charge >= 0.3 is 0 Å². The van der Waals surface area contributed by atoms with E-state index in [1.165, 1.54) is 10.9 Å². The molecule has 1 aromatic heterocycles. The lowest BCUT2D eigenvalue weighted by molar-refractivity contribution is -0.125. The summed E-state index contributed by atoms with van der Waals surface area (Å²) in [7, 11) is 0. The number of aromatic nitrogens is 1. The van der Waals surface area contributed by atoms with Crippen LogP contribution in [0, 0.1) is 6.92 Å². The number of carbonyl (C=O) groups excluding carboxylic acids is 1. The van der Waals surface area contributed by atoms with Crippen LogP contribution in [0.3, 0.4) is 0 Å². The molecule has 4 heteroatoms. The molecule has 1 fully saturated rings. The van der Waals surface area contributed by atoms with Gasteiger partial charge in [0.2, 0.25) is 5.91 Å². The highest BCUT2D eigenvalue weighted by molar-refractivity contribution is 5.79. The zero-order valence-corrected chi connectivity index (χ0v) is 13.4. The third-order valence-electron chi connectivity index (χ3n) is 4.44. The smallest absolute Gasteiger partial charge is 0.220 e. The molecule has 1 aromatic carbocycles. The van der Waals surface area contributed by atoms with E-state index in [4.69, 9.17) is 0 Å². The molecule has 116 valence electrons.